The maximum absolute atomic E-state index is 6.55. The summed E-state index contributed by atoms with van der Waals surface area (Å²) in [7, 11) is 0. The molecule has 0 fully saturated rings. The zero-order valence-electron chi connectivity index (χ0n) is 34.8. The number of hydrogen-bond donors (Lipinski definition) is 0. The van der Waals surface area contributed by atoms with Gasteiger partial charge in [0.2, 0.25) is 0 Å². The van der Waals surface area contributed by atoms with E-state index in [2.05, 4.69) is 229 Å². The summed E-state index contributed by atoms with van der Waals surface area (Å²) in [6.07, 6.45) is 0. The lowest BCUT2D eigenvalue weighted by molar-refractivity contribution is 0.669. The molecule has 3 heteroatoms. The smallest absolute Gasteiger partial charge is 0.143 e. The minimum absolute atomic E-state index is 0.536. The molecule has 1 aliphatic rings. The third-order valence-electron chi connectivity index (χ3n) is 13.4. The topological polar surface area (TPSA) is 29.5 Å². The maximum Gasteiger partial charge on any atom is 0.143 e. The van der Waals surface area contributed by atoms with Crippen LogP contribution in [0.5, 0.6) is 0 Å². The van der Waals surface area contributed by atoms with Crippen molar-refractivity contribution in [3.8, 4) is 33.4 Å². The van der Waals surface area contributed by atoms with Gasteiger partial charge in [0.05, 0.1) is 16.5 Å². The van der Waals surface area contributed by atoms with Crippen LogP contribution in [0.15, 0.2) is 245 Å². The Kier molecular flexibility index (Phi) is 8.13. The van der Waals surface area contributed by atoms with Gasteiger partial charge in [-0.2, -0.15) is 0 Å². The van der Waals surface area contributed by atoms with Crippen LogP contribution in [0.25, 0.3) is 77.3 Å². The second-order valence-corrected chi connectivity index (χ2v) is 16.7. The van der Waals surface area contributed by atoms with Gasteiger partial charge in [-0.1, -0.05) is 182 Å². The molecule has 300 valence electrons. The van der Waals surface area contributed by atoms with Gasteiger partial charge in [0.25, 0.3) is 0 Å². The first kappa shape index (κ1) is 36.3. The number of rotatable bonds is 7. The third-order valence-corrected chi connectivity index (χ3v) is 13.4. The van der Waals surface area contributed by atoms with Crippen LogP contribution < -0.4 is 4.90 Å². The molecule has 0 saturated heterocycles. The molecule has 0 radical (unpaired) electrons. The van der Waals surface area contributed by atoms with Crippen LogP contribution in [-0.4, -0.2) is 0 Å². The van der Waals surface area contributed by atoms with Crippen molar-refractivity contribution in [2.45, 2.75) is 5.41 Å². The van der Waals surface area contributed by atoms with Crippen molar-refractivity contribution in [2.75, 3.05) is 4.90 Å². The highest BCUT2D eigenvalue weighted by Crippen LogP contribution is 2.57. The molecule has 2 heterocycles. The van der Waals surface area contributed by atoms with E-state index in [0.717, 1.165) is 83.2 Å². The van der Waals surface area contributed by atoms with Crippen LogP contribution in [0.3, 0.4) is 0 Å². The summed E-state index contributed by atoms with van der Waals surface area (Å²) in [5.41, 5.74) is 18.2. The van der Waals surface area contributed by atoms with Crippen molar-refractivity contribution >= 4 is 60.9 Å². The predicted octanol–water partition coefficient (Wildman–Crippen LogP) is 16.7. The number of para-hydroxylation sites is 2. The zero-order valence-corrected chi connectivity index (χ0v) is 34.8. The fourth-order valence-corrected chi connectivity index (χ4v) is 10.6. The minimum Gasteiger partial charge on any atom is -0.456 e. The fraction of sp³-hybridized carbons (Fsp3) is 0.0164. The van der Waals surface area contributed by atoms with Crippen molar-refractivity contribution in [2.24, 2.45) is 0 Å². The molecule has 0 bridgehead atoms. The lowest BCUT2D eigenvalue weighted by atomic mass is 9.67. The molecule has 0 unspecified atom stereocenters. The molecule has 64 heavy (non-hydrogen) atoms. The van der Waals surface area contributed by atoms with Crippen LogP contribution in [0.1, 0.15) is 22.3 Å². The van der Waals surface area contributed by atoms with Crippen LogP contribution in [0, 0.1) is 0 Å². The van der Waals surface area contributed by atoms with Gasteiger partial charge in [0.15, 0.2) is 0 Å². The molecule has 0 saturated carbocycles. The average Bonchev–Trinajstić information content (AvgIpc) is 4.04. The van der Waals surface area contributed by atoms with Gasteiger partial charge in [0, 0.05) is 33.1 Å². The lowest BCUT2D eigenvalue weighted by Gasteiger charge is -2.35. The zero-order chi connectivity index (χ0) is 42.2. The van der Waals surface area contributed by atoms with Crippen LogP contribution >= 0.6 is 0 Å². The molecular weight excluding hydrogens is 779 g/mol. The van der Waals surface area contributed by atoms with Gasteiger partial charge in [0.1, 0.15) is 22.3 Å². The minimum atomic E-state index is -0.536. The maximum atomic E-state index is 6.55. The van der Waals surface area contributed by atoms with E-state index in [1.54, 1.807) is 0 Å². The summed E-state index contributed by atoms with van der Waals surface area (Å²) in [6, 6.07) is 85.2. The Balaban J connectivity index is 1.00. The van der Waals surface area contributed by atoms with E-state index in [4.69, 9.17) is 8.83 Å². The number of hydrogen-bond acceptors (Lipinski definition) is 3. The van der Waals surface area contributed by atoms with Crippen LogP contribution in [0.2, 0.25) is 0 Å². The number of benzene rings is 10. The quantitative estimate of drug-likeness (QED) is 0.160. The van der Waals surface area contributed by atoms with E-state index >= 15 is 0 Å². The largest absolute Gasteiger partial charge is 0.456 e. The highest BCUT2D eigenvalue weighted by molar-refractivity contribution is 6.14. The Morgan fingerprint density at radius 1 is 0.328 bits per heavy atom. The molecule has 10 aromatic carbocycles. The molecule has 0 aliphatic heterocycles. The van der Waals surface area contributed by atoms with Crippen molar-refractivity contribution in [1.82, 2.24) is 0 Å². The van der Waals surface area contributed by atoms with Gasteiger partial charge in [-0.15, -0.1) is 0 Å². The molecule has 0 spiro atoms. The van der Waals surface area contributed by atoms with Gasteiger partial charge in [-0.25, -0.2) is 0 Å². The van der Waals surface area contributed by atoms with Gasteiger partial charge in [-0.3, -0.25) is 0 Å². The standard InChI is InChI=1S/C61H39NO2/c1-4-16-41(17-5-1)47-24-14-25-50-52-38-42(32-37-57(52)64-60(47)50)40-30-33-45(34-31-40)62(55-27-15-29-58-59(55)51-23-11-13-28-56(51)63-58)46-35-36-49-48-22-10-12-26-53(48)61(54(49)39-46,43-18-6-2-7-19-43)44-20-8-3-9-21-44/h1-39H. The summed E-state index contributed by atoms with van der Waals surface area (Å²) in [6.45, 7) is 0. The molecule has 0 atom stereocenters. The van der Waals surface area contributed by atoms with Crippen molar-refractivity contribution < 1.29 is 8.83 Å². The highest BCUT2D eigenvalue weighted by Gasteiger charge is 2.46. The lowest BCUT2D eigenvalue weighted by Crippen LogP contribution is -2.28. The van der Waals surface area contributed by atoms with E-state index in [9.17, 15) is 0 Å². The molecular formula is C61H39NO2. The van der Waals surface area contributed by atoms with E-state index < -0.39 is 5.41 Å². The first-order valence-corrected chi connectivity index (χ1v) is 21.9. The first-order chi connectivity index (χ1) is 31.7. The summed E-state index contributed by atoms with van der Waals surface area (Å²) < 4.78 is 13.1. The molecule has 0 N–H and O–H groups in total. The Hall–Kier alpha value is -8.40. The van der Waals surface area contributed by atoms with Crippen molar-refractivity contribution in [3.63, 3.8) is 0 Å². The molecule has 12 aromatic rings. The van der Waals surface area contributed by atoms with E-state index in [1.165, 1.54) is 33.4 Å². The second-order valence-electron chi connectivity index (χ2n) is 16.7. The monoisotopic (exact) mass is 817 g/mol. The second kappa shape index (κ2) is 14.3. The third kappa shape index (κ3) is 5.41. The summed E-state index contributed by atoms with van der Waals surface area (Å²) in [5.74, 6) is 0. The number of furan rings is 2. The first-order valence-electron chi connectivity index (χ1n) is 21.9. The Morgan fingerprint density at radius 3 is 1.72 bits per heavy atom. The van der Waals surface area contributed by atoms with E-state index in [1.807, 2.05) is 12.1 Å². The Bertz CT molecular complexity index is 3680. The summed E-state index contributed by atoms with van der Waals surface area (Å²) in [5, 5.41) is 4.38. The average molecular weight is 818 g/mol. The van der Waals surface area contributed by atoms with E-state index in [-0.39, 0.29) is 0 Å². The highest BCUT2D eigenvalue weighted by atomic mass is 16.3. The van der Waals surface area contributed by atoms with Gasteiger partial charge >= 0.3 is 0 Å². The summed E-state index contributed by atoms with van der Waals surface area (Å²) >= 11 is 0. The molecule has 1 aliphatic carbocycles. The predicted molar refractivity (Wildman–Crippen MR) is 264 cm³/mol. The van der Waals surface area contributed by atoms with E-state index in [0.29, 0.717) is 0 Å². The Morgan fingerprint density at radius 2 is 0.922 bits per heavy atom. The number of fused-ring (bicyclic) bond motifs is 9. The number of anilines is 3. The van der Waals surface area contributed by atoms with Crippen LogP contribution in [0.4, 0.5) is 17.1 Å². The molecule has 13 rings (SSSR count). The van der Waals surface area contributed by atoms with Gasteiger partial charge in [-0.05, 0) is 105 Å². The number of nitrogens with zero attached hydrogens (tertiary/aromatic N) is 1. The molecule has 0 amide bonds. The summed E-state index contributed by atoms with van der Waals surface area (Å²) in [4.78, 5) is 2.41. The fourth-order valence-electron chi connectivity index (χ4n) is 10.6. The normalized spacial score (nSPS) is 12.8. The Labute approximate surface area is 370 Å². The SMILES string of the molecule is c1ccc(-c2cccc3c2oc2ccc(-c4ccc(N(c5ccc6c(c5)C(c5ccccc5)(c5ccccc5)c5ccccc5-6)c5cccc6oc7ccccc7c56)cc4)cc23)cc1. The van der Waals surface area contributed by atoms with Crippen molar-refractivity contribution in [1.29, 1.82) is 0 Å². The molecule has 2 aromatic heterocycles. The van der Waals surface area contributed by atoms with Crippen molar-refractivity contribution in [3.05, 3.63) is 259 Å². The van der Waals surface area contributed by atoms with Crippen LogP contribution in [-0.2, 0) is 5.41 Å². The van der Waals surface area contributed by atoms with Gasteiger partial charge < -0.3 is 13.7 Å². The molecule has 3 nitrogen and oxygen atoms in total.